The van der Waals surface area contributed by atoms with Crippen molar-refractivity contribution in [2.24, 2.45) is 0 Å². The Kier molecular flexibility index (Phi) is 5.22. The molecule has 0 N–H and O–H groups in total. The van der Waals surface area contributed by atoms with E-state index in [2.05, 4.69) is 100 Å². The molecule has 0 saturated carbocycles. The van der Waals surface area contributed by atoms with E-state index in [4.69, 9.17) is 20.4 Å². The lowest BCUT2D eigenvalue weighted by molar-refractivity contribution is 0.645. The van der Waals surface area contributed by atoms with Crippen LogP contribution in [0.3, 0.4) is 0 Å². The van der Waals surface area contributed by atoms with Crippen LogP contribution in [0.5, 0.6) is 0 Å². The lowest BCUT2D eigenvalue weighted by Gasteiger charge is -2.26. The van der Waals surface area contributed by atoms with Crippen LogP contribution in [-0.2, 0) is 0 Å². The van der Waals surface area contributed by atoms with Crippen LogP contribution in [0.15, 0.2) is 148 Å². The number of fused-ring (bicyclic) bond motifs is 8. The van der Waals surface area contributed by atoms with Gasteiger partial charge in [0.1, 0.15) is 16.7 Å². The molecule has 0 aliphatic heterocycles. The van der Waals surface area contributed by atoms with Gasteiger partial charge in [0, 0.05) is 38.2 Å². The van der Waals surface area contributed by atoms with Gasteiger partial charge >= 0.3 is 0 Å². The van der Waals surface area contributed by atoms with E-state index in [0.29, 0.717) is 5.02 Å². The molecule has 43 heavy (non-hydrogen) atoms. The number of aromatic nitrogens is 1. The molecule has 5 heteroatoms. The summed E-state index contributed by atoms with van der Waals surface area (Å²) >= 11 is 6.47. The van der Waals surface area contributed by atoms with Crippen molar-refractivity contribution in [2.75, 3.05) is 4.90 Å². The second-order valence-corrected chi connectivity index (χ2v) is 11.2. The predicted molar refractivity (Wildman–Crippen MR) is 178 cm³/mol. The highest BCUT2D eigenvalue weighted by Crippen LogP contribution is 2.45. The zero-order valence-electron chi connectivity index (χ0n) is 22.9. The number of benzene rings is 6. The Morgan fingerprint density at radius 2 is 1.26 bits per heavy atom. The van der Waals surface area contributed by atoms with Gasteiger partial charge < -0.3 is 13.7 Å². The van der Waals surface area contributed by atoms with E-state index >= 15 is 0 Å². The summed E-state index contributed by atoms with van der Waals surface area (Å²) in [6.45, 7) is 0. The third-order valence-corrected chi connectivity index (χ3v) is 8.47. The minimum absolute atomic E-state index is 0.683. The molecule has 3 heterocycles. The molecule has 0 amide bonds. The lowest BCUT2D eigenvalue weighted by atomic mass is 10.1. The Bertz CT molecular complexity index is 2470. The van der Waals surface area contributed by atoms with Gasteiger partial charge in [-0.1, -0.05) is 72.3 Å². The number of furan rings is 2. The fourth-order valence-corrected chi connectivity index (χ4v) is 6.59. The minimum Gasteiger partial charge on any atom is -0.456 e. The molecule has 0 radical (unpaired) electrons. The van der Waals surface area contributed by atoms with E-state index in [1.54, 1.807) is 0 Å². The van der Waals surface area contributed by atoms with Crippen LogP contribution < -0.4 is 4.90 Å². The molecule has 9 rings (SSSR count). The number of nitrogens with zero attached hydrogens (tertiary/aromatic N) is 2. The van der Waals surface area contributed by atoms with Gasteiger partial charge in [-0.2, -0.15) is 0 Å². The molecule has 0 saturated heterocycles. The molecular weight excluding hydrogens is 552 g/mol. The van der Waals surface area contributed by atoms with Crippen molar-refractivity contribution in [3.05, 3.63) is 145 Å². The van der Waals surface area contributed by atoms with Crippen LogP contribution in [0.4, 0.5) is 17.1 Å². The van der Waals surface area contributed by atoms with E-state index in [0.717, 1.165) is 77.7 Å². The molecule has 3 aromatic heterocycles. The van der Waals surface area contributed by atoms with Gasteiger partial charge in [-0.05, 0) is 78.9 Å². The summed E-state index contributed by atoms with van der Waals surface area (Å²) in [4.78, 5) is 2.31. The van der Waals surface area contributed by atoms with Gasteiger partial charge in [-0.3, -0.25) is 4.57 Å². The molecule has 204 valence electrons. The van der Waals surface area contributed by atoms with Crippen molar-refractivity contribution >= 4 is 83.6 Å². The second kappa shape index (κ2) is 9.28. The minimum atomic E-state index is 0.683. The summed E-state index contributed by atoms with van der Waals surface area (Å²) in [5.74, 6) is 0. The van der Waals surface area contributed by atoms with Crippen molar-refractivity contribution in [3.8, 4) is 5.69 Å². The van der Waals surface area contributed by atoms with Crippen LogP contribution in [0.25, 0.3) is 60.6 Å². The SMILES string of the molecule is Clc1ccc2oc3c(c2c1)c1ccc(N(c2ccccc2)c2cccc4oc5ccccc5c24)cc1n3-c1ccccc1. The summed E-state index contributed by atoms with van der Waals surface area (Å²) in [5, 5.41) is 6.01. The quantitative estimate of drug-likeness (QED) is 0.210. The molecule has 0 fully saturated rings. The van der Waals surface area contributed by atoms with Crippen molar-refractivity contribution in [3.63, 3.8) is 0 Å². The number of hydrogen-bond acceptors (Lipinski definition) is 3. The van der Waals surface area contributed by atoms with E-state index in [9.17, 15) is 0 Å². The van der Waals surface area contributed by atoms with Crippen LogP contribution in [0.1, 0.15) is 0 Å². The highest BCUT2D eigenvalue weighted by Gasteiger charge is 2.23. The van der Waals surface area contributed by atoms with E-state index in [-0.39, 0.29) is 0 Å². The smallest absolute Gasteiger partial charge is 0.213 e. The third-order valence-electron chi connectivity index (χ3n) is 8.23. The molecule has 4 nitrogen and oxygen atoms in total. The van der Waals surface area contributed by atoms with E-state index in [1.165, 1.54) is 0 Å². The Morgan fingerprint density at radius 3 is 2.12 bits per heavy atom. The Hall–Kier alpha value is -5.45. The number of hydrogen-bond donors (Lipinski definition) is 0. The summed E-state index contributed by atoms with van der Waals surface area (Å²) in [7, 11) is 0. The maximum atomic E-state index is 6.52. The first-order chi connectivity index (χ1) is 21.2. The van der Waals surface area contributed by atoms with Gasteiger partial charge in [-0.25, -0.2) is 0 Å². The molecule has 0 unspecified atom stereocenters. The fraction of sp³-hybridized carbons (Fsp3) is 0. The molecule has 0 atom stereocenters. The van der Waals surface area contributed by atoms with Gasteiger partial charge in [0.15, 0.2) is 0 Å². The van der Waals surface area contributed by atoms with Gasteiger partial charge in [0.2, 0.25) is 5.71 Å². The predicted octanol–water partition coefficient (Wildman–Crippen LogP) is 11.6. The normalized spacial score (nSPS) is 11.8. The molecule has 0 aliphatic carbocycles. The monoisotopic (exact) mass is 574 g/mol. The molecule has 9 aromatic rings. The van der Waals surface area contributed by atoms with Crippen molar-refractivity contribution in [2.45, 2.75) is 0 Å². The number of para-hydroxylation sites is 3. The number of anilines is 3. The third kappa shape index (κ3) is 3.64. The maximum absolute atomic E-state index is 6.52. The van der Waals surface area contributed by atoms with Crippen LogP contribution in [0.2, 0.25) is 5.02 Å². The largest absolute Gasteiger partial charge is 0.456 e. The van der Waals surface area contributed by atoms with Crippen LogP contribution in [0, 0.1) is 0 Å². The topological polar surface area (TPSA) is 34.5 Å². The van der Waals surface area contributed by atoms with E-state index < -0.39 is 0 Å². The van der Waals surface area contributed by atoms with E-state index in [1.807, 2.05) is 48.5 Å². The maximum Gasteiger partial charge on any atom is 0.213 e. The molecule has 0 spiro atoms. The first-order valence-electron chi connectivity index (χ1n) is 14.2. The highest BCUT2D eigenvalue weighted by atomic mass is 35.5. The Labute approximate surface area is 251 Å². The Morgan fingerprint density at radius 1 is 0.512 bits per heavy atom. The standard InChI is InChI=1S/C38H23ClN2O2/c39-24-18-21-34-30(22-24)36-28-20-19-27(23-32(28)41(38(36)43-34)26-12-5-2-6-13-26)40(25-10-3-1-4-11-25)31-15-9-17-35-37(31)29-14-7-8-16-33(29)42-35/h1-23H. The zero-order valence-corrected chi connectivity index (χ0v) is 23.6. The molecule has 0 bridgehead atoms. The second-order valence-electron chi connectivity index (χ2n) is 10.7. The van der Waals surface area contributed by atoms with Crippen molar-refractivity contribution in [1.82, 2.24) is 4.57 Å². The number of rotatable bonds is 4. The molecule has 6 aromatic carbocycles. The molecular formula is C38H23ClN2O2. The number of halogens is 1. The van der Waals surface area contributed by atoms with Crippen LogP contribution >= 0.6 is 11.6 Å². The first kappa shape index (κ1) is 24.2. The summed E-state index contributed by atoms with van der Waals surface area (Å²) in [5.41, 5.74) is 8.54. The fourth-order valence-electron chi connectivity index (χ4n) is 6.42. The molecule has 0 aliphatic rings. The van der Waals surface area contributed by atoms with Gasteiger partial charge in [0.25, 0.3) is 0 Å². The summed E-state index contributed by atoms with van der Waals surface area (Å²) in [6.07, 6.45) is 0. The first-order valence-corrected chi connectivity index (χ1v) is 14.6. The van der Waals surface area contributed by atoms with Gasteiger partial charge in [0.05, 0.1) is 22.0 Å². The summed E-state index contributed by atoms with van der Waals surface area (Å²) in [6, 6.07) is 47.8. The van der Waals surface area contributed by atoms with Crippen LogP contribution in [-0.4, -0.2) is 4.57 Å². The Balaban J connectivity index is 1.38. The highest BCUT2D eigenvalue weighted by molar-refractivity contribution is 6.32. The average Bonchev–Trinajstić information content (AvgIpc) is 3.71. The van der Waals surface area contributed by atoms with Crippen molar-refractivity contribution < 1.29 is 8.83 Å². The lowest BCUT2D eigenvalue weighted by Crippen LogP contribution is -2.10. The zero-order chi connectivity index (χ0) is 28.5. The van der Waals surface area contributed by atoms with Gasteiger partial charge in [-0.15, -0.1) is 0 Å². The average molecular weight is 575 g/mol. The summed E-state index contributed by atoms with van der Waals surface area (Å²) < 4.78 is 15.0. The van der Waals surface area contributed by atoms with Crippen molar-refractivity contribution in [1.29, 1.82) is 0 Å².